The van der Waals surface area contributed by atoms with E-state index >= 15 is 0 Å². The third kappa shape index (κ3) is 4.18. The zero-order valence-corrected chi connectivity index (χ0v) is 11.3. The van der Waals surface area contributed by atoms with Gasteiger partial charge in [-0.25, -0.2) is 4.98 Å². The van der Waals surface area contributed by atoms with Crippen molar-refractivity contribution in [3.8, 4) is 0 Å². The Kier molecular flexibility index (Phi) is 4.73. The molecule has 1 amide bonds. The highest BCUT2D eigenvalue weighted by molar-refractivity contribution is 9.10. The zero-order valence-electron chi connectivity index (χ0n) is 9.67. The van der Waals surface area contributed by atoms with Crippen molar-refractivity contribution in [3.05, 3.63) is 22.3 Å². The SMILES string of the molecule is Cc1cc(Br)cnc1NCC(=O)NC(C)C. The van der Waals surface area contributed by atoms with Crippen LogP contribution in [0.1, 0.15) is 19.4 Å². The number of aryl methyl sites for hydroxylation is 1. The zero-order chi connectivity index (χ0) is 12.1. The van der Waals surface area contributed by atoms with E-state index in [9.17, 15) is 4.79 Å². The minimum Gasteiger partial charge on any atom is -0.361 e. The van der Waals surface area contributed by atoms with Gasteiger partial charge in [-0.05, 0) is 48.3 Å². The number of hydrogen-bond donors (Lipinski definition) is 2. The van der Waals surface area contributed by atoms with Crippen LogP contribution in [0.2, 0.25) is 0 Å². The molecule has 0 aliphatic carbocycles. The molecule has 1 rings (SSSR count). The average Bonchev–Trinajstić information content (AvgIpc) is 2.15. The number of carbonyl (C=O) groups excluding carboxylic acids is 1. The number of aromatic nitrogens is 1. The molecule has 0 aliphatic rings. The molecular formula is C11H16BrN3O. The molecule has 2 N–H and O–H groups in total. The van der Waals surface area contributed by atoms with Crippen LogP contribution in [-0.4, -0.2) is 23.5 Å². The summed E-state index contributed by atoms with van der Waals surface area (Å²) in [4.78, 5) is 15.6. The van der Waals surface area contributed by atoms with Gasteiger partial charge in [-0.3, -0.25) is 4.79 Å². The Morgan fingerprint density at radius 1 is 1.56 bits per heavy atom. The highest BCUT2D eigenvalue weighted by Crippen LogP contribution is 2.16. The summed E-state index contributed by atoms with van der Waals surface area (Å²) in [5.74, 6) is 0.709. The molecule has 0 saturated carbocycles. The second-order valence-corrected chi connectivity index (χ2v) is 4.81. The predicted octanol–water partition coefficient (Wildman–Crippen LogP) is 2.09. The van der Waals surface area contributed by atoms with Gasteiger partial charge in [0.2, 0.25) is 5.91 Å². The molecule has 16 heavy (non-hydrogen) atoms. The second-order valence-electron chi connectivity index (χ2n) is 3.89. The molecule has 0 spiro atoms. The fraction of sp³-hybridized carbons (Fsp3) is 0.455. The number of anilines is 1. The number of nitrogens with zero attached hydrogens (tertiary/aromatic N) is 1. The number of pyridine rings is 1. The lowest BCUT2D eigenvalue weighted by Crippen LogP contribution is -2.35. The van der Waals surface area contributed by atoms with Crippen LogP contribution in [0.5, 0.6) is 0 Å². The summed E-state index contributed by atoms with van der Waals surface area (Å²) < 4.78 is 0.933. The first-order valence-electron chi connectivity index (χ1n) is 5.14. The molecule has 0 aromatic carbocycles. The van der Waals surface area contributed by atoms with E-state index in [2.05, 4.69) is 31.5 Å². The Balaban J connectivity index is 2.51. The smallest absolute Gasteiger partial charge is 0.239 e. The molecule has 0 bridgehead atoms. The lowest BCUT2D eigenvalue weighted by atomic mass is 10.3. The maximum atomic E-state index is 11.4. The Bertz CT molecular complexity index is 379. The number of amides is 1. The Morgan fingerprint density at radius 3 is 2.81 bits per heavy atom. The third-order valence-corrected chi connectivity index (χ3v) is 2.34. The molecule has 0 aliphatic heterocycles. The van der Waals surface area contributed by atoms with Gasteiger partial charge in [-0.15, -0.1) is 0 Å². The fourth-order valence-electron chi connectivity index (χ4n) is 1.26. The van der Waals surface area contributed by atoms with Crippen LogP contribution in [0.4, 0.5) is 5.82 Å². The van der Waals surface area contributed by atoms with Gasteiger partial charge in [0.1, 0.15) is 5.82 Å². The van der Waals surface area contributed by atoms with Gasteiger partial charge >= 0.3 is 0 Å². The van der Waals surface area contributed by atoms with E-state index < -0.39 is 0 Å². The molecule has 4 nitrogen and oxygen atoms in total. The molecule has 88 valence electrons. The summed E-state index contributed by atoms with van der Waals surface area (Å²) in [6, 6.07) is 2.11. The van der Waals surface area contributed by atoms with E-state index in [1.54, 1.807) is 6.20 Å². The Labute approximate surface area is 104 Å². The number of rotatable bonds is 4. The van der Waals surface area contributed by atoms with Crippen LogP contribution in [0.15, 0.2) is 16.7 Å². The first-order chi connectivity index (χ1) is 7.49. The van der Waals surface area contributed by atoms with Gasteiger partial charge in [0.25, 0.3) is 0 Å². The van der Waals surface area contributed by atoms with Gasteiger partial charge in [0, 0.05) is 16.7 Å². The molecule has 0 unspecified atom stereocenters. The van der Waals surface area contributed by atoms with Crippen molar-refractivity contribution < 1.29 is 4.79 Å². The van der Waals surface area contributed by atoms with E-state index in [0.29, 0.717) is 0 Å². The van der Waals surface area contributed by atoms with E-state index in [4.69, 9.17) is 0 Å². The van der Waals surface area contributed by atoms with Gasteiger partial charge in [0.15, 0.2) is 0 Å². The Morgan fingerprint density at radius 2 is 2.25 bits per heavy atom. The number of halogens is 1. The molecule has 1 heterocycles. The lowest BCUT2D eigenvalue weighted by Gasteiger charge is -2.11. The predicted molar refractivity (Wildman–Crippen MR) is 68.4 cm³/mol. The summed E-state index contributed by atoms with van der Waals surface area (Å²) in [5, 5.41) is 5.81. The van der Waals surface area contributed by atoms with Crippen molar-refractivity contribution in [2.45, 2.75) is 26.8 Å². The molecular weight excluding hydrogens is 270 g/mol. The fourth-order valence-corrected chi connectivity index (χ4v) is 1.71. The van der Waals surface area contributed by atoms with E-state index in [1.807, 2.05) is 26.8 Å². The summed E-state index contributed by atoms with van der Waals surface area (Å²) >= 11 is 3.34. The van der Waals surface area contributed by atoms with Gasteiger partial charge in [-0.2, -0.15) is 0 Å². The van der Waals surface area contributed by atoms with Crippen LogP contribution in [0.3, 0.4) is 0 Å². The van der Waals surface area contributed by atoms with Crippen molar-refractivity contribution >= 4 is 27.7 Å². The van der Waals surface area contributed by atoms with E-state index in [-0.39, 0.29) is 18.5 Å². The number of hydrogen-bond acceptors (Lipinski definition) is 3. The average molecular weight is 286 g/mol. The van der Waals surface area contributed by atoms with Gasteiger partial charge in [0.05, 0.1) is 6.54 Å². The largest absolute Gasteiger partial charge is 0.361 e. The molecule has 5 heteroatoms. The van der Waals surface area contributed by atoms with Crippen LogP contribution in [0.25, 0.3) is 0 Å². The highest BCUT2D eigenvalue weighted by Gasteiger charge is 2.05. The summed E-state index contributed by atoms with van der Waals surface area (Å²) in [6.07, 6.45) is 1.70. The maximum absolute atomic E-state index is 11.4. The number of nitrogens with one attached hydrogen (secondary N) is 2. The molecule has 0 radical (unpaired) electrons. The first-order valence-corrected chi connectivity index (χ1v) is 5.93. The normalized spacial score (nSPS) is 10.3. The second kappa shape index (κ2) is 5.84. The minimum atomic E-state index is -0.0286. The van der Waals surface area contributed by atoms with Crippen LogP contribution in [0, 0.1) is 6.92 Å². The van der Waals surface area contributed by atoms with Crippen molar-refractivity contribution in [1.82, 2.24) is 10.3 Å². The first kappa shape index (κ1) is 13.0. The molecule has 1 aromatic heterocycles. The standard InChI is InChI=1S/C11H16BrN3O/c1-7(2)15-10(16)6-14-11-8(3)4-9(12)5-13-11/h4-5,7H,6H2,1-3H3,(H,13,14)(H,15,16). The lowest BCUT2D eigenvalue weighted by molar-refractivity contribution is -0.119. The molecule has 0 atom stereocenters. The third-order valence-electron chi connectivity index (χ3n) is 1.91. The van der Waals surface area contributed by atoms with Crippen LogP contribution >= 0.6 is 15.9 Å². The van der Waals surface area contributed by atoms with E-state index in [1.165, 1.54) is 0 Å². The maximum Gasteiger partial charge on any atom is 0.239 e. The Hall–Kier alpha value is -1.10. The molecule has 1 aromatic rings. The van der Waals surface area contributed by atoms with Crippen molar-refractivity contribution in [3.63, 3.8) is 0 Å². The quantitative estimate of drug-likeness (QED) is 0.891. The van der Waals surface area contributed by atoms with Crippen molar-refractivity contribution in [2.75, 3.05) is 11.9 Å². The summed E-state index contributed by atoms with van der Waals surface area (Å²) in [6.45, 7) is 6.05. The van der Waals surface area contributed by atoms with Gasteiger partial charge < -0.3 is 10.6 Å². The van der Waals surface area contributed by atoms with Crippen LogP contribution in [-0.2, 0) is 4.79 Å². The van der Waals surface area contributed by atoms with Crippen LogP contribution < -0.4 is 10.6 Å². The van der Waals surface area contributed by atoms with Gasteiger partial charge in [-0.1, -0.05) is 0 Å². The number of carbonyl (C=O) groups is 1. The summed E-state index contributed by atoms with van der Waals surface area (Å²) in [7, 11) is 0. The summed E-state index contributed by atoms with van der Waals surface area (Å²) in [5.41, 5.74) is 1.01. The van der Waals surface area contributed by atoms with Crippen molar-refractivity contribution in [1.29, 1.82) is 0 Å². The van der Waals surface area contributed by atoms with Crippen molar-refractivity contribution in [2.24, 2.45) is 0 Å². The monoisotopic (exact) mass is 285 g/mol. The topological polar surface area (TPSA) is 54.0 Å². The minimum absolute atomic E-state index is 0.0286. The molecule has 0 saturated heterocycles. The highest BCUT2D eigenvalue weighted by atomic mass is 79.9. The molecule has 0 fully saturated rings. The van der Waals surface area contributed by atoms with E-state index in [0.717, 1.165) is 15.9 Å².